The van der Waals surface area contributed by atoms with Gasteiger partial charge >= 0.3 is 0 Å². The summed E-state index contributed by atoms with van der Waals surface area (Å²) < 4.78 is 10.6. The topological polar surface area (TPSA) is 79.3 Å². The van der Waals surface area contributed by atoms with Gasteiger partial charge < -0.3 is 24.4 Å². The summed E-state index contributed by atoms with van der Waals surface area (Å²) in [6, 6.07) is 13.5. The Labute approximate surface area is 182 Å². The van der Waals surface area contributed by atoms with Gasteiger partial charge in [0.25, 0.3) is 11.7 Å². The van der Waals surface area contributed by atoms with E-state index < -0.39 is 17.7 Å². The lowest BCUT2D eigenvalue weighted by atomic mass is 9.95. The fraction of sp³-hybridized carbons (Fsp3) is 0.333. The number of amides is 1. The smallest absolute Gasteiger partial charge is 0.295 e. The molecular weight excluding hydrogens is 396 g/mol. The molecular formula is C24H28N2O5. The Morgan fingerprint density at radius 2 is 1.77 bits per heavy atom. The Kier molecular flexibility index (Phi) is 6.97. The van der Waals surface area contributed by atoms with Crippen molar-refractivity contribution in [2.24, 2.45) is 0 Å². The van der Waals surface area contributed by atoms with Gasteiger partial charge in [-0.05, 0) is 44.8 Å². The maximum Gasteiger partial charge on any atom is 0.295 e. The number of hydrogen-bond acceptors (Lipinski definition) is 6. The lowest BCUT2D eigenvalue weighted by Gasteiger charge is -2.26. The van der Waals surface area contributed by atoms with Gasteiger partial charge in [0.15, 0.2) is 0 Å². The van der Waals surface area contributed by atoms with E-state index >= 15 is 0 Å². The molecule has 7 heteroatoms. The molecule has 0 radical (unpaired) electrons. The molecule has 1 fully saturated rings. The second-order valence-electron chi connectivity index (χ2n) is 7.63. The average molecular weight is 424 g/mol. The predicted octanol–water partition coefficient (Wildman–Crippen LogP) is 3.08. The molecule has 0 saturated carbocycles. The molecule has 2 aromatic carbocycles. The maximum absolute atomic E-state index is 13.0. The van der Waals surface area contributed by atoms with Gasteiger partial charge in [-0.25, -0.2) is 0 Å². The first kappa shape index (κ1) is 22.4. The van der Waals surface area contributed by atoms with Gasteiger partial charge in [-0.2, -0.15) is 0 Å². The fourth-order valence-corrected chi connectivity index (χ4v) is 3.79. The van der Waals surface area contributed by atoms with Crippen LogP contribution in [0.5, 0.6) is 11.5 Å². The van der Waals surface area contributed by atoms with Gasteiger partial charge in [0.2, 0.25) is 0 Å². The van der Waals surface area contributed by atoms with E-state index in [1.54, 1.807) is 23.1 Å². The third kappa shape index (κ3) is 4.56. The first-order valence-corrected chi connectivity index (χ1v) is 10.1. The maximum atomic E-state index is 13.0. The molecule has 3 rings (SSSR count). The number of rotatable bonds is 8. The molecule has 0 spiro atoms. The van der Waals surface area contributed by atoms with Gasteiger partial charge in [0, 0.05) is 12.6 Å². The standard InChI is InChI=1S/C24H28N2O5/c1-25(2)13-8-14-26-21(16-9-6-5-7-10-16)20(23(28)24(26)29)22(27)18-12-11-17(30-3)15-19(18)31-4/h5-7,9-12,15,21,27H,8,13-14H2,1-4H3/t21-/m1/s1. The van der Waals surface area contributed by atoms with Gasteiger partial charge in [0.05, 0.1) is 31.4 Å². The van der Waals surface area contributed by atoms with Crippen LogP contribution < -0.4 is 9.47 Å². The molecule has 1 N–H and O–H groups in total. The number of carbonyl (C=O) groups is 2. The van der Waals surface area contributed by atoms with Crippen LogP contribution >= 0.6 is 0 Å². The number of methoxy groups -OCH3 is 2. The van der Waals surface area contributed by atoms with E-state index in [1.165, 1.54) is 14.2 Å². The molecule has 1 saturated heterocycles. The molecule has 0 unspecified atom stereocenters. The number of ether oxygens (including phenoxy) is 2. The number of nitrogens with zero attached hydrogens (tertiary/aromatic N) is 2. The van der Waals surface area contributed by atoms with E-state index in [0.29, 0.717) is 30.0 Å². The minimum Gasteiger partial charge on any atom is -0.507 e. The van der Waals surface area contributed by atoms with Crippen LogP contribution in [0, 0.1) is 0 Å². The summed E-state index contributed by atoms with van der Waals surface area (Å²) in [6.07, 6.45) is 0.704. The Hall–Kier alpha value is -3.32. The van der Waals surface area contributed by atoms with Crippen LogP contribution in [-0.2, 0) is 9.59 Å². The molecule has 0 bridgehead atoms. The Morgan fingerprint density at radius 1 is 1.06 bits per heavy atom. The van der Waals surface area contributed by atoms with Crippen molar-refractivity contribution in [3.05, 3.63) is 65.2 Å². The van der Waals surface area contributed by atoms with Crippen molar-refractivity contribution in [3.63, 3.8) is 0 Å². The number of ketones is 1. The van der Waals surface area contributed by atoms with Crippen LogP contribution in [0.25, 0.3) is 5.76 Å². The highest BCUT2D eigenvalue weighted by molar-refractivity contribution is 6.46. The highest BCUT2D eigenvalue weighted by Gasteiger charge is 2.46. The van der Waals surface area contributed by atoms with Crippen molar-refractivity contribution >= 4 is 17.4 Å². The zero-order valence-electron chi connectivity index (χ0n) is 18.3. The average Bonchev–Trinajstić information content (AvgIpc) is 3.03. The summed E-state index contributed by atoms with van der Waals surface area (Å²) in [7, 11) is 6.92. The summed E-state index contributed by atoms with van der Waals surface area (Å²) in [5.41, 5.74) is 1.15. The van der Waals surface area contributed by atoms with Gasteiger partial charge in [-0.3, -0.25) is 9.59 Å². The van der Waals surface area contributed by atoms with Gasteiger partial charge in [-0.1, -0.05) is 30.3 Å². The number of aliphatic hydroxyl groups excluding tert-OH is 1. The van der Waals surface area contributed by atoms with Crippen LogP contribution in [0.15, 0.2) is 54.1 Å². The number of carbonyl (C=O) groups excluding carboxylic acids is 2. The van der Waals surface area contributed by atoms with Crippen LogP contribution in [-0.4, -0.2) is 68.0 Å². The molecule has 1 aliphatic rings. The first-order chi connectivity index (χ1) is 14.9. The Bertz CT molecular complexity index is 985. The Morgan fingerprint density at radius 3 is 2.39 bits per heavy atom. The molecule has 1 amide bonds. The molecule has 2 aromatic rings. The van der Waals surface area contributed by atoms with E-state index in [2.05, 4.69) is 0 Å². The SMILES string of the molecule is COc1ccc(C(O)=C2C(=O)C(=O)N(CCCN(C)C)[C@@H]2c2ccccc2)c(OC)c1. The zero-order valence-corrected chi connectivity index (χ0v) is 18.3. The van der Waals surface area contributed by atoms with Crippen LogP contribution in [0.4, 0.5) is 0 Å². The van der Waals surface area contributed by atoms with E-state index in [-0.39, 0.29) is 11.3 Å². The second-order valence-corrected chi connectivity index (χ2v) is 7.63. The molecule has 1 heterocycles. The summed E-state index contributed by atoms with van der Waals surface area (Å²) in [5, 5.41) is 11.2. The highest BCUT2D eigenvalue weighted by Crippen LogP contribution is 2.41. The minimum absolute atomic E-state index is 0.0597. The van der Waals surface area contributed by atoms with Crippen molar-refractivity contribution in [1.29, 1.82) is 0 Å². The monoisotopic (exact) mass is 424 g/mol. The third-order valence-electron chi connectivity index (χ3n) is 5.32. The molecule has 0 aromatic heterocycles. The summed E-state index contributed by atoms with van der Waals surface area (Å²) >= 11 is 0. The Balaban J connectivity index is 2.12. The summed E-state index contributed by atoms with van der Waals surface area (Å²) in [5.74, 6) is -0.669. The second kappa shape index (κ2) is 9.66. The quantitative estimate of drug-likeness (QED) is 0.399. The van der Waals surface area contributed by atoms with Crippen LogP contribution in [0.2, 0.25) is 0 Å². The third-order valence-corrected chi connectivity index (χ3v) is 5.32. The molecule has 0 aliphatic carbocycles. The number of hydrogen-bond donors (Lipinski definition) is 1. The van der Waals surface area contributed by atoms with Crippen molar-refractivity contribution in [3.8, 4) is 11.5 Å². The lowest BCUT2D eigenvalue weighted by molar-refractivity contribution is -0.139. The van der Waals surface area contributed by atoms with E-state index in [4.69, 9.17) is 9.47 Å². The van der Waals surface area contributed by atoms with Crippen molar-refractivity contribution in [2.75, 3.05) is 41.4 Å². The normalized spacial score (nSPS) is 18.0. The van der Waals surface area contributed by atoms with Crippen molar-refractivity contribution in [1.82, 2.24) is 9.80 Å². The number of aliphatic hydroxyl groups is 1. The largest absolute Gasteiger partial charge is 0.507 e. The van der Waals surface area contributed by atoms with Crippen LogP contribution in [0.1, 0.15) is 23.6 Å². The first-order valence-electron chi connectivity index (χ1n) is 10.1. The van der Waals surface area contributed by atoms with E-state index in [9.17, 15) is 14.7 Å². The molecule has 1 aliphatic heterocycles. The minimum atomic E-state index is -0.700. The van der Waals surface area contributed by atoms with Crippen LogP contribution in [0.3, 0.4) is 0 Å². The van der Waals surface area contributed by atoms with Gasteiger partial charge in [0.1, 0.15) is 17.3 Å². The number of likely N-dealkylation sites (tertiary alicyclic amines) is 1. The molecule has 164 valence electrons. The summed E-state index contributed by atoms with van der Waals surface area (Å²) in [6.45, 7) is 1.18. The fourth-order valence-electron chi connectivity index (χ4n) is 3.79. The predicted molar refractivity (Wildman–Crippen MR) is 118 cm³/mol. The summed E-state index contributed by atoms with van der Waals surface area (Å²) in [4.78, 5) is 29.5. The van der Waals surface area contributed by atoms with E-state index in [0.717, 1.165) is 12.1 Å². The number of Topliss-reactive ketones (excluding diaryl/α,β-unsaturated/α-hetero) is 1. The van der Waals surface area contributed by atoms with Crippen molar-refractivity contribution in [2.45, 2.75) is 12.5 Å². The molecule has 1 atom stereocenters. The zero-order chi connectivity index (χ0) is 22.5. The molecule has 31 heavy (non-hydrogen) atoms. The highest BCUT2D eigenvalue weighted by atomic mass is 16.5. The van der Waals surface area contributed by atoms with E-state index in [1.807, 2.05) is 49.3 Å². The van der Waals surface area contributed by atoms with Crippen molar-refractivity contribution < 1.29 is 24.2 Å². The number of benzene rings is 2. The molecule has 7 nitrogen and oxygen atoms in total. The van der Waals surface area contributed by atoms with Gasteiger partial charge in [-0.15, -0.1) is 0 Å². The lowest BCUT2D eigenvalue weighted by Crippen LogP contribution is -2.32.